The Kier molecular flexibility index (Phi) is 6.38. The highest BCUT2D eigenvalue weighted by Gasteiger charge is 2.25. The van der Waals surface area contributed by atoms with Crippen LogP contribution in [-0.2, 0) is 14.3 Å². The molecule has 0 amide bonds. The summed E-state index contributed by atoms with van der Waals surface area (Å²) in [5.41, 5.74) is 5.37. The van der Waals surface area contributed by atoms with E-state index in [1.54, 1.807) is 7.11 Å². The van der Waals surface area contributed by atoms with Gasteiger partial charge in [0.05, 0.1) is 6.10 Å². The standard InChI is InChI=1S/C21H28O3/c1-14(2)17-8-7-16(4)20(23-5)11-6-15(3)12-19-13-18(10-9-17)21(22)24-19/h6-8,13,19-20H,1,9-12H2,2-5H3/b15-6?,16-7+,17-8+/t19-,20-/m1/s1. The molecule has 2 atom stereocenters. The number of hydrogen-bond acceptors (Lipinski definition) is 3. The first-order valence-electron chi connectivity index (χ1n) is 8.54. The number of hydrogen-bond donors (Lipinski definition) is 0. The van der Waals surface area contributed by atoms with Crippen molar-refractivity contribution in [1.82, 2.24) is 0 Å². The third-order valence-electron chi connectivity index (χ3n) is 4.66. The van der Waals surface area contributed by atoms with Crippen LogP contribution in [0.25, 0.3) is 0 Å². The van der Waals surface area contributed by atoms with Gasteiger partial charge in [0, 0.05) is 19.1 Å². The van der Waals surface area contributed by atoms with E-state index < -0.39 is 0 Å². The molecule has 3 heteroatoms. The second kappa shape index (κ2) is 8.29. The SMILES string of the molecule is C=C(C)/C1=C/C=C(\C)[C@H](OC)CC=C(C)C[C@@H]2C=C(CC1)C(=O)O2. The van der Waals surface area contributed by atoms with Gasteiger partial charge in [0.25, 0.3) is 0 Å². The predicted octanol–water partition coefficient (Wildman–Crippen LogP) is 4.82. The van der Waals surface area contributed by atoms with Crippen LogP contribution in [0, 0.1) is 0 Å². The third-order valence-corrected chi connectivity index (χ3v) is 4.66. The highest BCUT2D eigenvalue weighted by molar-refractivity contribution is 5.91. The molecule has 0 saturated heterocycles. The van der Waals surface area contributed by atoms with E-state index in [4.69, 9.17) is 9.47 Å². The molecule has 130 valence electrons. The number of esters is 1. The maximum Gasteiger partial charge on any atom is 0.334 e. The quantitative estimate of drug-likeness (QED) is 0.538. The summed E-state index contributed by atoms with van der Waals surface area (Å²) < 4.78 is 11.1. The Labute approximate surface area is 145 Å². The zero-order chi connectivity index (χ0) is 17.7. The van der Waals surface area contributed by atoms with Crippen LogP contribution in [0.1, 0.15) is 46.5 Å². The topological polar surface area (TPSA) is 35.5 Å². The predicted molar refractivity (Wildman–Crippen MR) is 97.6 cm³/mol. The molecule has 1 aliphatic carbocycles. The van der Waals surface area contributed by atoms with Gasteiger partial charge in [-0.2, -0.15) is 0 Å². The van der Waals surface area contributed by atoms with Gasteiger partial charge in [0.2, 0.25) is 0 Å². The van der Waals surface area contributed by atoms with Crippen molar-refractivity contribution in [2.75, 3.05) is 7.11 Å². The minimum Gasteiger partial charge on any atom is -0.454 e. The van der Waals surface area contributed by atoms with Gasteiger partial charge in [0.1, 0.15) is 6.10 Å². The first-order valence-corrected chi connectivity index (χ1v) is 8.54. The van der Waals surface area contributed by atoms with E-state index >= 15 is 0 Å². The summed E-state index contributed by atoms with van der Waals surface area (Å²) in [6.07, 6.45) is 11.3. The number of fused-ring (bicyclic) bond motifs is 1. The molecule has 0 aromatic heterocycles. The van der Waals surface area contributed by atoms with Crippen molar-refractivity contribution in [3.05, 3.63) is 58.7 Å². The number of methoxy groups -OCH3 is 1. The number of carbonyl (C=O) groups excluding carboxylic acids is 1. The summed E-state index contributed by atoms with van der Waals surface area (Å²) in [5, 5.41) is 0. The van der Waals surface area contributed by atoms with E-state index in [0.717, 1.165) is 36.0 Å². The molecule has 24 heavy (non-hydrogen) atoms. The van der Waals surface area contributed by atoms with Crippen molar-refractivity contribution in [1.29, 1.82) is 0 Å². The van der Waals surface area contributed by atoms with Gasteiger partial charge in [-0.3, -0.25) is 0 Å². The molecular weight excluding hydrogens is 300 g/mol. The van der Waals surface area contributed by atoms with Crippen LogP contribution in [0.5, 0.6) is 0 Å². The lowest BCUT2D eigenvalue weighted by molar-refractivity contribution is -0.139. The minimum atomic E-state index is -0.176. The summed E-state index contributed by atoms with van der Waals surface area (Å²) in [5.74, 6) is -0.176. The first kappa shape index (κ1) is 18.5. The van der Waals surface area contributed by atoms with Gasteiger partial charge in [-0.15, -0.1) is 0 Å². The van der Waals surface area contributed by atoms with E-state index in [9.17, 15) is 4.79 Å². The van der Waals surface area contributed by atoms with Gasteiger partial charge >= 0.3 is 5.97 Å². The molecule has 0 radical (unpaired) electrons. The van der Waals surface area contributed by atoms with Crippen LogP contribution in [0.2, 0.25) is 0 Å². The lowest BCUT2D eigenvalue weighted by atomic mass is 9.97. The van der Waals surface area contributed by atoms with Crippen LogP contribution in [0.15, 0.2) is 58.7 Å². The molecule has 0 unspecified atom stereocenters. The van der Waals surface area contributed by atoms with Gasteiger partial charge in [0.15, 0.2) is 0 Å². The van der Waals surface area contributed by atoms with Crippen LogP contribution in [0.3, 0.4) is 0 Å². The number of ether oxygens (including phenoxy) is 2. The molecule has 0 saturated carbocycles. The normalized spacial score (nSPS) is 30.1. The van der Waals surface area contributed by atoms with Crippen molar-refractivity contribution >= 4 is 5.97 Å². The molecule has 2 bridgehead atoms. The average Bonchev–Trinajstić information content (AvgIpc) is 2.86. The largest absolute Gasteiger partial charge is 0.454 e. The Morgan fingerprint density at radius 2 is 2.04 bits per heavy atom. The fourth-order valence-corrected chi connectivity index (χ4v) is 3.05. The summed E-state index contributed by atoms with van der Waals surface area (Å²) in [7, 11) is 1.74. The summed E-state index contributed by atoms with van der Waals surface area (Å²) in [6.45, 7) is 10.2. The maximum atomic E-state index is 12.0. The molecule has 0 aromatic carbocycles. The van der Waals surface area contributed by atoms with Crippen molar-refractivity contribution < 1.29 is 14.3 Å². The zero-order valence-corrected chi connectivity index (χ0v) is 15.2. The van der Waals surface area contributed by atoms with E-state index in [1.807, 2.05) is 13.0 Å². The molecule has 0 aromatic rings. The number of allylic oxidation sites excluding steroid dienone is 4. The van der Waals surface area contributed by atoms with Crippen LogP contribution in [-0.4, -0.2) is 25.3 Å². The third kappa shape index (κ3) is 4.81. The van der Waals surface area contributed by atoms with Crippen molar-refractivity contribution in [3.8, 4) is 0 Å². The van der Waals surface area contributed by atoms with Crippen LogP contribution < -0.4 is 0 Å². The summed E-state index contributed by atoms with van der Waals surface area (Å²) in [6, 6.07) is 0. The van der Waals surface area contributed by atoms with Crippen molar-refractivity contribution in [2.45, 2.75) is 58.7 Å². The van der Waals surface area contributed by atoms with Crippen LogP contribution >= 0.6 is 0 Å². The van der Waals surface area contributed by atoms with E-state index in [-0.39, 0.29) is 18.2 Å². The average molecular weight is 328 g/mol. The molecule has 0 spiro atoms. The Hall–Kier alpha value is -1.87. The Morgan fingerprint density at radius 1 is 1.29 bits per heavy atom. The molecular formula is C21H28O3. The minimum absolute atomic E-state index is 0.0581. The molecule has 3 nitrogen and oxygen atoms in total. The summed E-state index contributed by atoms with van der Waals surface area (Å²) >= 11 is 0. The molecule has 2 rings (SSSR count). The van der Waals surface area contributed by atoms with Gasteiger partial charge < -0.3 is 9.47 Å². The highest BCUT2D eigenvalue weighted by atomic mass is 16.5. The Balaban J connectivity index is 2.33. The lowest BCUT2D eigenvalue weighted by Gasteiger charge is -2.15. The van der Waals surface area contributed by atoms with E-state index in [1.165, 1.54) is 11.1 Å². The summed E-state index contributed by atoms with van der Waals surface area (Å²) in [4.78, 5) is 12.0. The van der Waals surface area contributed by atoms with Gasteiger partial charge in [-0.1, -0.05) is 36.0 Å². The van der Waals surface area contributed by atoms with E-state index in [0.29, 0.717) is 6.42 Å². The molecule has 2 aliphatic rings. The monoisotopic (exact) mass is 328 g/mol. The van der Waals surface area contributed by atoms with Gasteiger partial charge in [-0.05, 0) is 57.3 Å². The fraction of sp³-hybridized carbons (Fsp3) is 0.476. The smallest absolute Gasteiger partial charge is 0.334 e. The zero-order valence-electron chi connectivity index (χ0n) is 15.2. The van der Waals surface area contributed by atoms with Crippen molar-refractivity contribution in [2.24, 2.45) is 0 Å². The Bertz CT molecular complexity index is 631. The maximum absolute atomic E-state index is 12.0. The van der Waals surface area contributed by atoms with Crippen LogP contribution in [0.4, 0.5) is 0 Å². The molecule has 0 N–H and O–H groups in total. The molecule has 1 aliphatic heterocycles. The number of carbonyl (C=O) groups is 1. The molecule has 0 fully saturated rings. The second-order valence-electron chi connectivity index (χ2n) is 6.73. The lowest BCUT2D eigenvalue weighted by Crippen LogP contribution is -2.12. The first-order chi connectivity index (χ1) is 11.4. The fourth-order valence-electron chi connectivity index (χ4n) is 3.05. The second-order valence-corrected chi connectivity index (χ2v) is 6.73. The number of rotatable bonds is 2. The van der Waals surface area contributed by atoms with Crippen molar-refractivity contribution in [3.63, 3.8) is 0 Å². The van der Waals surface area contributed by atoms with Gasteiger partial charge in [-0.25, -0.2) is 4.79 Å². The molecule has 1 heterocycles. The highest BCUT2D eigenvalue weighted by Crippen LogP contribution is 2.27. The van der Waals surface area contributed by atoms with E-state index in [2.05, 4.69) is 38.7 Å². The Morgan fingerprint density at radius 3 is 2.71 bits per heavy atom.